The zero-order valence-electron chi connectivity index (χ0n) is 10.2. The summed E-state index contributed by atoms with van der Waals surface area (Å²) in [6.07, 6.45) is 0. The number of rotatable bonds is 3. The quantitative estimate of drug-likeness (QED) is 0.840. The van der Waals surface area contributed by atoms with E-state index >= 15 is 0 Å². The van der Waals surface area contributed by atoms with E-state index in [1.54, 1.807) is 0 Å². The number of anilines is 2. The summed E-state index contributed by atoms with van der Waals surface area (Å²) in [5, 5.41) is 12.5. The fourth-order valence-corrected chi connectivity index (χ4v) is 1.90. The molecule has 2 aromatic rings. The molecule has 0 aliphatic carbocycles. The van der Waals surface area contributed by atoms with Gasteiger partial charge >= 0.3 is 0 Å². The second kappa shape index (κ2) is 5.02. The number of aliphatic hydroxyl groups excluding tert-OH is 1. The van der Waals surface area contributed by atoms with Crippen LogP contribution in [-0.4, -0.2) is 5.11 Å². The Balaban J connectivity index is 2.31. The molecular weight excluding hydrogens is 210 g/mol. The molecule has 0 aliphatic rings. The van der Waals surface area contributed by atoms with Crippen LogP contribution in [0, 0.1) is 13.8 Å². The fourth-order valence-electron chi connectivity index (χ4n) is 1.90. The van der Waals surface area contributed by atoms with Crippen LogP contribution in [0.25, 0.3) is 0 Å². The Kier molecular flexibility index (Phi) is 3.45. The van der Waals surface area contributed by atoms with Crippen LogP contribution in [0.5, 0.6) is 0 Å². The minimum atomic E-state index is 0.0717. The van der Waals surface area contributed by atoms with Crippen LogP contribution in [0.4, 0.5) is 11.4 Å². The van der Waals surface area contributed by atoms with Gasteiger partial charge in [-0.3, -0.25) is 0 Å². The highest BCUT2D eigenvalue weighted by atomic mass is 16.3. The van der Waals surface area contributed by atoms with Crippen molar-refractivity contribution in [2.24, 2.45) is 0 Å². The van der Waals surface area contributed by atoms with Crippen molar-refractivity contribution >= 4 is 11.4 Å². The maximum atomic E-state index is 9.11. The molecule has 17 heavy (non-hydrogen) atoms. The topological polar surface area (TPSA) is 32.3 Å². The molecule has 0 aliphatic heterocycles. The van der Waals surface area contributed by atoms with Gasteiger partial charge in [0.15, 0.2) is 0 Å². The van der Waals surface area contributed by atoms with Crippen LogP contribution in [0.15, 0.2) is 42.5 Å². The molecule has 2 aromatic carbocycles. The maximum Gasteiger partial charge on any atom is 0.0682 e. The Morgan fingerprint density at radius 2 is 1.65 bits per heavy atom. The standard InChI is InChI=1S/C15H17NO/c1-11-5-3-6-12(2)15(11)16-14-8-4-7-13(9-14)10-17/h3-9,16-17H,10H2,1-2H3. The van der Waals surface area contributed by atoms with Crippen molar-refractivity contribution < 1.29 is 5.11 Å². The lowest BCUT2D eigenvalue weighted by atomic mass is 10.1. The summed E-state index contributed by atoms with van der Waals surface area (Å²) in [7, 11) is 0. The lowest BCUT2D eigenvalue weighted by Gasteiger charge is -2.13. The van der Waals surface area contributed by atoms with Gasteiger partial charge in [0, 0.05) is 11.4 Å². The molecule has 0 saturated carbocycles. The minimum Gasteiger partial charge on any atom is -0.392 e. The molecule has 2 N–H and O–H groups in total. The molecule has 0 fully saturated rings. The zero-order valence-corrected chi connectivity index (χ0v) is 10.2. The Morgan fingerprint density at radius 1 is 1.00 bits per heavy atom. The first-order valence-electron chi connectivity index (χ1n) is 5.74. The third-order valence-corrected chi connectivity index (χ3v) is 2.86. The van der Waals surface area contributed by atoms with E-state index in [0.29, 0.717) is 0 Å². The molecule has 0 unspecified atom stereocenters. The lowest BCUT2D eigenvalue weighted by molar-refractivity contribution is 0.282. The average molecular weight is 227 g/mol. The molecule has 88 valence electrons. The van der Waals surface area contributed by atoms with Crippen molar-refractivity contribution in [1.82, 2.24) is 0 Å². The van der Waals surface area contributed by atoms with Crippen LogP contribution in [0.2, 0.25) is 0 Å². The van der Waals surface area contributed by atoms with Crippen molar-refractivity contribution in [3.05, 3.63) is 59.2 Å². The molecule has 0 aromatic heterocycles. The van der Waals surface area contributed by atoms with Gasteiger partial charge in [0.1, 0.15) is 0 Å². The van der Waals surface area contributed by atoms with Gasteiger partial charge in [-0.25, -0.2) is 0 Å². The smallest absolute Gasteiger partial charge is 0.0682 e. The molecule has 0 spiro atoms. The highest BCUT2D eigenvalue weighted by molar-refractivity contribution is 5.66. The van der Waals surface area contributed by atoms with E-state index in [1.807, 2.05) is 24.3 Å². The first kappa shape index (κ1) is 11.7. The molecule has 0 bridgehead atoms. The number of nitrogens with one attached hydrogen (secondary N) is 1. The second-order valence-electron chi connectivity index (χ2n) is 4.25. The Labute approximate surface area is 102 Å². The van der Waals surface area contributed by atoms with E-state index in [0.717, 1.165) is 16.9 Å². The zero-order chi connectivity index (χ0) is 12.3. The third-order valence-electron chi connectivity index (χ3n) is 2.86. The summed E-state index contributed by atoms with van der Waals surface area (Å²) in [6, 6.07) is 14.1. The van der Waals surface area contributed by atoms with E-state index in [-0.39, 0.29) is 6.61 Å². The van der Waals surface area contributed by atoms with Crippen molar-refractivity contribution in [2.45, 2.75) is 20.5 Å². The van der Waals surface area contributed by atoms with Crippen LogP contribution in [0.1, 0.15) is 16.7 Å². The predicted octanol–water partition coefficient (Wildman–Crippen LogP) is 3.54. The van der Waals surface area contributed by atoms with Gasteiger partial charge in [-0.05, 0) is 42.7 Å². The highest BCUT2D eigenvalue weighted by Gasteiger charge is 2.02. The van der Waals surface area contributed by atoms with E-state index in [2.05, 4.69) is 37.4 Å². The van der Waals surface area contributed by atoms with Gasteiger partial charge in [-0.15, -0.1) is 0 Å². The molecule has 2 nitrogen and oxygen atoms in total. The van der Waals surface area contributed by atoms with Gasteiger partial charge in [-0.2, -0.15) is 0 Å². The summed E-state index contributed by atoms with van der Waals surface area (Å²) in [6.45, 7) is 4.25. The van der Waals surface area contributed by atoms with Gasteiger partial charge < -0.3 is 10.4 Å². The largest absolute Gasteiger partial charge is 0.392 e. The molecule has 2 rings (SSSR count). The average Bonchev–Trinajstić information content (AvgIpc) is 2.34. The minimum absolute atomic E-state index is 0.0717. The van der Waals surface area contributed by atoms with Crippen LogP contribution in [0.3, 0.4) is 0 Å². The number of hydrogen-bond acceptors (Lipinski definition) is 2. The Bertz CT molecular complexity index is 500. The van der Waals surface area contributed by atoms with Gasteiger partial charge in [-0.1, -0.05) is 30.3 Å². The van der Waals surface area contributed by atoms with E-state index < -0.39 is 0 Å². The van der Waals surface area contributed by atoms with Crippen LogP contribution in [-0.2, 0) is 6.61 Å². The highest BCUT2D eigenvalue weighted by Crippen LogP contribution is 2.24. The molecule has 0 heterocycles. The summed E-state index contributed by atoms with van der Waals surface area (Å²) < 4.78 is 0. The summed E-state index contributed by atoms with van der Waals surface area (Å²) >= 11 is 0. The van der Waals surface area contributed by atoms with Gasteiger partial charge in [0.25, 0.3) is 0 Å². The first-order valence-corrected chi connectivity index (χ1v) is 5.74. The molecule has 2 heteroatoms. The normalized spacial score (nSPS) is 10.3. The number of hydrogen-bond donors (Lipinski definition) is 2. The van der Waals surface area contributed by atoms with Crippen molar-refractivity contribution in [3.63, 3.8) is 0 Å². The first-order chi connectivity index (χ1) is 8.20. The number of aliphatic hydroxyl groups is 1. The third kappa shape index (κ3) is 2.66. The number of benzene rings is 2. The Morgan fingerprint density at radius 3 is 2.29 bits per heavy atom. The van der Waals surface area contributed by atoms with Gasteiger partial charge in [0.2, 0.25) is 0 Å². The summed E-state index contributed by atoms with van der Waals surface area (Å²) in [4.78, 5) is 0. The predicted molar refractivity (Wildman–Crippen MR) is 71.6 cm³/mol. The fraction of sp³-hybridized carbons (Fsp3) is 0.200. The SMILES string of the molecule is Cc1cccc(C)c1Nc1cccc(CO)c1. The molecular formula is C15H17NO. The number of aryl methyl sites for hydroxylation is 2. The monoisotopic (exact) mass is 227 g/mol. The van der Waals surface area contributed by atoms with Crippen LogP contribution < -0.4 is 5.32 Å². The lowest BCUT2D eigenvalue weighted by Crippen LogP contribution is -1.96. The van der Waals surface area contributed by atoms with Gasteiger partial charge in [0.05, 0.1) is 6.61 Å². The number of para-hydroxylation sites is 1. The van der Waals surface area contributed by atoms with Crippen molar-refractivity contribution in [2.75, 3.05) is 5.32 Å². The molecule has 0 radical (unpaired) electrons. The summed E-state index contributed by atoms with van der Waals surface area (Å²) in [5.74, 6) is 0. The Hall–Kier alpha value is -1.80. The molecule has 0 amide bonds. The van der Waals surface area contributed by atoms with E-state index in [4.69, 9.17) is 5.11 Å². The summed E-state index contributed by atoms with van der Waals surface area (Å²) in [5.41, 5.74) is 5.51. The molecule has 0 saturated heterocycles. The van der Waals surface area contributed by atoms with E-state index in [1.165, 1.54) is 11.1 Å². The second-order valence-corrected chi connectivity index (χ2v) is 4.25. The van der Waals surface area contributed by atoms with Crippen molar-refractivity contribution in [3.8, 4) is 0 Å². The van der Waals surface area contributed by atoms with Crippen LogP contribution >= 0.6 is 0 Å². The molecule has 0 atom stereocenters. The maximum absolute atomic E-state index is 9.11. The van der Waals surface area contributed by atoms with E-state index in [9.17, 15) is 0 Å². The van der Waals surface area contributed by atoms with Crippen molar-refractivity contribution in [1.29, 1.82) is 0 Å².